The van der Waals surface area contributed by atoms with Gasteiger partial charge in [0.2, 0.25) is 0 Å². The number of nitrogens with zero attached hydrogens (tertiary/aromatic N) is 1. The Bertz CT molecular complexity index is 1260. The molecule has 0 aromatic heterocycles. The minimum absolute atomic E-state index is 0.243. The lowest BCUT2D eigenvalue weighted by Gasteiger charge is -2.11. The van der Waals surface area contributed by atoms with Crippen LogP contribution in [0.25, 0.3) is 0 Å². The van der Waals surface area contributed by atoms with Gasteiger partial charge in [-0.2, -0.15) is 5.10 Å². The normalized spacial score (nSPS) is 11.0. The molecule has 168 valence electrons. The van der Waals surface area contributed by atoms with Crippen molar-refractivity contribution in [1.82, 2.24) is 5.43 Å². The predicted octanol–water partition coefficient (Wildman–Crippen LogP) is 5.11. The number of hydrogen-bond donors (Lipinski definition) is 2. The van der Waals surface area contributed by atoms with Crippen LogP contribution in [0.4, 0.5) is 5.69 Å². The van der Waals surface area contributed by atoms with Crippen LogP contribution in [0.1, 0.15) is 28.4 Å². The fraction of sp³-hybridized carbons (Fsp3) is 0.0833. The average Bonchev–Trinajstić information content (AvgIpc) is 2.79. The van der Waals surface area contributed by atoms with Gasteiger partial charge in [-0.25, -0.2) is 10.2 Å². The molecule has 0 unspecified atom stereocenters. The Hall–Kier alpha value is -3.49. The minimum Gasteiger partial charge on any atom is -0.422 e. The largest absolute Gasteiger partial charge is 0.422 e. The summed E-state index contributed by atoms with van der Waals surface area (Å²) in [5.41, 5.74) is 4.62. The highest BCUT2D eigenvalue weighted by molar-refractivity contribution is 9.10. The molecule has 0 radical (unpaired) electrons. The van der Waals surface area contributed by atoms with Crippen LogP contribution in [0.5, 0.6) is 5.75 Å². The van der Waals surface area contributed by atoms with E-state index in [2.05, 4.69) is 31.8 Å². The summed E-state index contributed by atoms with van der Waals surface area (Å²) < 4.78 is 6.35. The number of nitrogens with one attached hydrogen (secondary N) is 2. The Morgan fingerprint density at radius 1 is 0.970 bits per heavy atom. The summed E-state index contributed by atoms with van der Waals surface area (Å²) in [5, 5.41) is 6.94. The SMILES string of the molecule is CC(=NNC(=O)C(=O)Nc1ccc(Br)cc1C)c1ccccc1OC(=O)c1cccc(Cl)c1. The van der Waals surface area contributed by atoms with Crippen LogP contribution in [0.3, 0.4) is 0 Å². The highest BCUT2D eigenvalue weighted by Crippen LogP contribution is 2.22. The summed E-state index contributed by atoms with van der Waals surface area (Å²) in [6, 6.07) is 18.3. The van der Waals surface area contributed by atoms with E-state index in [0.29, 0.717) is 27.5 Å². The molecule has 3 aromatic rings. The lowest BCUT2D eigenvalue weighted by molar-refractivity contribution is -0.136. The molecule has 0 heterocycles. The van der Waals surface area contributed by atoms with Crippen LogP contribution in [-0.4, -0.2) is 23.5 Å². The number of aryl methyl sites for hydroxylation is 1. The van der Waals surface area contributed by atoms with Gasteiger partial charge in [0.25, 0.3) is 0 Å². The molecular weight excluding hydrogens is 510 g/mol. The van der Waals surface area contributed by atoms with Gasteiger partial charge in [-0.1, -0.05) is 45.7 Å². The first-order chi connectivity index (χ1) is 15.7. The number of benzene rings is 3. The van der Waals surface area contributed by atoms with E-state index in [0.717, 1.165) is 10.0 Å². The molecule has 3 aromatic carbocycles. The maximum absolute atomic E-state index is 12.5. The summed E-state index contributed by atoms with van der Waals surface area (Å²) in [7, 11) is 0. The van der Waals surface area contributed by atoms with E-state index in [1.54, 1.807) is 61.5 Å². The number of rotatable bonds is 5. The molecule has 2 N–H and O–H groups in total. The Kier molecular flexibility index (Phi) is 7.97. The van der Waals surface area contributed by atoms with Crippen molar-refractivity contribution in [3.8, 4) is 5.75 Å². The molecule has 0 aliphatic rings. The van der Waals surface area contributed by atoms with Crippen molar-refractivity contribution in [3.63, 3.8) is 0 Å². The number of hydrazone groups is 1. The maximum atomic E-state index is 12.5. The number of esters is 1. The molecule has 0 aliphatic heterocycles. The van der Waals surface area contributed by atoms with Crippen LogP contribution >= 0.6 is 27.5 Å². The van der Waals surface area contributed by atoms with Gasteiger partial charge in [0.05, 0.1) is 11.3 Å². The van der Waals surface area contributed by atoms with Crippen molar-refractivity contribution in [2.24, 2.45) is 5.10 Å². The van der Waals surface area contributed by atoms with Crippen molar-refractivity contribution in [3.05, 3.63) is 92.9 Å². The molecule has 0 saturated heterocycles. The highest BCUT2D eigenvalue weighted by Gasteiger charge is 2.16. The zero-order chi connectivity index (χ0) is 24.0. The van der Waals surface area contributed by atoms with Gasteiger partial charge in [0, 0.05) is 20.7 Å². The molecule has 9 heteroatoms. The van der Waals surface area contributed by atoms with Crippen molar-refractivity contribution in [1.29, 1.82) is 0 Å². The van der Waals surface area contributed by atoms with Crippen LogP contribution in [-0.2, 0) is 9.59 Å². The molecule has 3 rings (SSSR count). The molecule has 0 fully saturated rings. The fourth-order valence-electron chi connectivity index (χ4n) is 2.82. The van der Waals surface area contributed by atoms with Gasteiger partial charge in [-0.05, 0) is 67.9 Å². The lowest BCUT2D eigenvalue weighted by atomic mass is 10.1. The van der Waals surface area contributed by atoms with E-state index < -0.39 is 17.8 Å². The van der Waals surface area contributed by atoms with Crippen LogP contribution in [0.15, 0.2) is 76.3 Å². The Morgan fingerprint density at radius 3 is 2.45 bits per heavy atom. The van der Waals surface area contributed by atoms with E-state index in [4.69, 9.17) is 16.3 Å². The molecule has 2 amide bonds. The van der Waals surface area contributed by atoms with Gasteiger partial charge in [-0.15, -0.1) is 0 Å². The van der Waals surface area contributed by atoms with E-state index in [1.807, 2.05) is 13.0 Å². The Labute approximate surface area is 203 Å². The second-order valence-electron chi connectivity index (χ2n) is 6.95. The van der Waals surface area contributed by atoms with E-state index in [9.17, 15) is 14.4 Å². The van der Waals surface area contributed by atoms with Gasteiger partial charge in [-0.3, -0.25) is 9.59 Å². The van der Waals surface area contributed by atoms with Gasteiger partial charge >= 0.3 is 17.8 Å². The van der Waals surface area contributed by atoms with Gasteiger partial charge in [0.15, 0.2) is 0 Å². The second-order valence-corrected chi connectivity index (χ2v) is 8.30. The molecule has 0 bridgehead atoms. The standard InChI is InChI=1S/C24H19BrClN3O4/c1-14-12-17(25)10-11-20(14)27-22(30)23(31)29-28-15(2)19-8-3-4-9-21(19)33-24(32)16-6-5-7-18(26)13-16/h3-13H,1-2H3,(H,27,30)(H,29,31). The number of ether oxygens (including phenoxy) is 1. The van der Waals surface area contributed by atoms with Crippen molar-refractivity contribution in [2.45, 2.75) is 13.8 Å². The minimum atomic E-state index is -0.940. The summed E-state index contributed by atoms with van der Waals surface area (Å²) in [4.78, 5) is 36.9. The molecule has 7 nitrogen and oxygen atoms in total. The Morgan fingerprint density at radius 2 is 1.73 bits per heavy atom. The molecular formula is C24H19BrClN3O4. The maximum Gasteiger partial charge on any atom is 0.343 e. The van der Waals surface area contributed by atoms with Crippen LogP contribution < -0.4 is 15.5 Å². The number of amides is 2. The topological polar surface area (TPSA) is 96.9 Å². The van der Waals surface area contributed by atoms with E-state index in [-0.39, 0.29) is 5.75 Å². The van der Waals surface area contributed by atoms with Crippen LogP contribution in [0.2, 0.25) is 5.02 Å². The second kappa shape index (κ2) is 10.9. The lowest BCUT2D eigenvalue weighted by Crippen LogP contribution is -2.33. The predicted molar refractivity (Wildman–Crippen MR) is 131 cm³/mol. The van der Waals surface area contributed by atoms with E-state index in [1.165, 1.54) is 6.07 Å². The number of anilines is 1. The van der Waals surface area contributed by atoms with Crippen molar-refractivity contribution < 1.29 is 19.1 Å². The first kappa shape index (κ1) is 24.2. The first-order valence-electron chi connectivity index (χ1n) is 9.73. The van der Waals surface area contributed by atoms with Gasteiger partial charge < -0.3 is 10.1 Å². The Balaban J connectivity index is 1.69. The third-order valence-electron chi connectivity index (χ3n) is 4.51. The zero-order valence-corrected chi connectivity index (χ0v) is 20.0. The number of hydrogen-bond acceptors (Lipinski definition) is 5. The third kappa shape index (κ3) is 6.50. The quantitative estimate of drug-likeness (QED) is 0.158. The number of carbonyl (C=O) groups is 3. The monoisotopic (exact) mass is 527 g/mol. The summed E-state index contributed by atoms with van der Waals surface area (Å²) in [5.74, 6) is -2.15. The first-order valence-corrected chi connectivity index (χ1v) is 10.9. The summed E-state index contributed by atoms with van der Waals surface area (Å²) in [6.07, 6.45) is 0. The molecule has 0 saturated carbocycles. The van der Waals surface area contributed by atoms with Crippen molar-refractivity contribution in [2.75, 3.05) is 5.32 Å². The average molecular weight is 529 g/mol. The zero-order valence-electron chi connectivity index (χ0n) is 17.7. The molecule has 33 heavy (non-hydrogen) atoms. The van der Waals surface area contributed by atoms with Gasteiger partial charge in [0.1, 0.15) is 5.75 Å². The number of para-hydroxylation sites is 1. The number of carbonyl (C=O) groups excluding carboxylic acids is 3. The molecule has 0 atom stereocenters. The molecule has 0 aliphatic carbocycles. The smallest absolute Gasteiger partial charge is 0.343 e. The molecule has 0 spiro atoms. The summed E-state index contributed by atoms with van der Waals surface area (Å²) in [6.45, 7) is 3.42. The summed E-state index contributed by atoms with van der Waals surface area (Å²) >= 11 is 9.28. The van der Waals surface area contributed by atoms with E-state index >= 15 is 0 Å². The number of halogens is 2. The fourth-order valence-corrected chi connectivity index (χ4v) is 3.49. The highest BCUT2D eigenvalue weighted by atomic mass is 79.9. The van der Waals surface area contributed by atoms with Crippen LogP contribution in [0, 0.1) is 6.92 Å². The van der Waals surface area contributed by atoms with Crippen molar-refractivity contribution >= 4 is 56.7 Å². The third-order valence-corrected chi connectivity index (χ3v) is 5.24.